The molecule has 1 unspecified atom stereocenters. The average Bonchev–Trinajstić information content (AvgIpc) is 2.73. The first-order valence-corrected chi connectivity index (χ1v) is 8.15. The number of fused-ring (bicyclic) bond motifs is 1. The number of ether oxygens (including phenoxy) is 4. The van der Waals surface area contributed by atoms with Crippen LogP contribution in [0.2, 0.25) is 0 Å². The van der Waals surface area contributed by atoms with E-state index in [0.29, 0.717) is 28.5 Å². The second-order valence-electron chi connectivity index (χ2n) is 5.70. The minimum Gasteiger partial charge on any atom is -0.493 e. The van der Waals surface area contributed by atoms with Crippen LogP contribution in [0.4, 0.5) is 0 Å². The fourth-order valence-corrected chi connectivity index (χ4v) is 2.99. The summed E-state index contributed by atoms with van der Waals surface area (Å²) in [6.07, 6.45) is 1.60. The molecule has 138 valence electrons. The van der Waals surface area contributed by atoms with Gasteiger partial charge in [-0.15, -0.1) is 0 Å². The fraction of sp³-hybridized carbons (Fsp3) is 0.250. The molecule has 0 amide bonds. The molecule has 3 rings (SSSR count). The lowest BCUT2D eigenvalue weighted by molar-refractivity contribution is 0.354. The van der Waals surface area contributed by atoms with Gasteiger partial charge in [-0.2, -0.15) is 15.5 Å². The van der Waals surface area contributed by atoms with E-state index in [4.69, 9.17) is 18.9 Å². The minimum absolute atomic E-state index is 0.552. The van der Waals surface area contributed by atoms with Crippen molar-refractivity contribution in [2.45, 2.75) is 5.92 Å². The van der Waals surface area contributed by atoms with Crippen LogP contribution in [0, 0.1) is 11.3 Å². The van der Waals surface area contributed by atoms with Gasteiger partial charge in [0.1, 0.15) is 0 Å². The molecule has 0 spiro atoms. The Morgan fingerprint density at radius 3 is 2.11 bits per heavy atom. The third-order valence-electron chi connectivity index (χ3n) is 4.36. The number of nitriles is 1. The molecule has 0 radical (unpaired) electrons. The Morgan fingerprint density at radius 2 is 1.48 bits per heavy atom. The molecule has 0 bridgehead atoms. The van der Waals surface area contributed by atoms with Gasteiger partial charge in [-0.1, -0.05) is 6.07 Å². The summed E-state index contributed by atoms with van der Waals surface area (Å²) in [5, 5.41) is 18.9. The third-order valence-corrected chi connectivity index (χ3v) is 4.36. The van der Waals surface area contributed by atoms with E-state index in [1.807, 2.05) is 12.1 Å². The lowest BCUT2D eigenvalue weighted by Gasteiger charge is -2.16. The molecule has 7 heteroatoms. The lowest BCUT2D eigenvalue weighted by atomic mass is 9.91. The summed E-state index contributed by atoms with van der Waals surface area (Å²) in [6, 6.07) is 11.3. The predicted octanol–water partition coefficient (Wildman–Crippen LogP) is 3.32. The van der Waals surface area contributed by atoms with Crippen molar-refractivity contribution in [3.8, 4) is 29.1 Å². The zero-order valence-electron chi connectivity index (χ0n) is 15.5. The Balaban J connectivity index is 2.19. The molecule has 0 aliphatic carbocycles. The molecule has 1 heterocycles. The highest BCUT2D eigenvalue weighted by Crippen LogP contribution is 2.38. The number of hydrogen-bond donors (Lipinski definition) is 0. The van der Waals surface area contributed by atoms with Gasteiger partial charge in [0, 0.05) is 17.0 Å². The van der Waals surface area contributed by atoms with E-state index < -0.39 is 5.92 Å². The number of rotatable bonds is 6. The average molecular weight is 365 g/mol. The van der Waals surface area contributed by atoms with Crippen molar-refractivity contribution in [3.63, 3.8) is 0 Å². The number of benzene rings is 2. The number of hydrogen-bond acceptors (Lipinski definition) is 7. The Kier molecular flexibility index (Phi) is 5.27. The van der Waals surface area contributed by atoms with E-state index in [-0.39, 0.29) is 0 Å². The Bertz CT molecular complexity index is 1010. The molecule has 3 aromatic rings. The maximum absolute atomic E-state index is 9.88. The first kappa shape index (κ1) is 18.3. The zero-order valence-corrected chi connectivity index (χ0v) is 15.5. The maximum atomic E-state index is 9.88. The summed E-state index contributed by atoms with van der Waals surface area (Å²) in [7, 11) is 6.25. The van der Waals surface area contributed by atoms with Crippen LogP contribution < -0.4 is 18.9 Å². The van der Waals surface area contributed by atoms with Crippen LogP contribution in [-0.4, -0.2) is 38.6 Å². The molecule has 27 heavy (non-hydrogen) atoms. The summed E-state index contributed by atoms with van der Waals surface area (Å²) in [6.45, 7) is 0. The molecular formula is C20H19N3O4. The number of methoxy groups -OCH3 is 4. The van der Waals surface area contributed by atoms with E-state index in [2.05, 4.69) is 16.3 Å². The lowest BCUT2D eigenvalue weighted by Crippen LogP contribution is -2.03. The number of nitrogens with zero attached hydrogens (tertiary/aromatic N) is 3. The summed E-state index contributed by atoms with van der Waals surface area (Å²) >= 11 is 0. The SMILES string of the molecule is COc1ccc(C(C#N)c2cnnc3cc(OC)c(OC)cc23)cc1OC. The van der Waals surface area contributed by atoms with Crippen molar-refractivity contribution in [1.82, 2.24) is 10.2 Å². The molecule has 7 nitrogen and oxygen atoms in total. The number of aromatic nitrogens is 2. The second-order valence-corrected chi connectivity index (χ2v) is 5.70. The van der Waals surface area contributed by atoms with Crippen LogP contribution in [0.5, 0.6) is 23.0 Å². The first-order chi connectivity index (χ1) is 13.2. The minimum atomic E-state index is -0.569. The van der Waals surface area contributed by atoms with E-state index in [1.165, 1.54) is 0 Å². The van der Waals surface area contributed by atoms with Crippen LogP contribution in [0.1, 0.15) is 17.0 Å². The van der Waals surface area contributed by atoms with Gasteiger partial charge in [-0.25, -0.2) is 0 Å². The topological polar surface area (TPSA) is 86.5 Å². The standard InChI is InChI=1S/C20H19N3O4/c1-24-17-6-5-12(7-18(17)25-2)14(10-21)15-11-22-23-16-9-20(27-4)19(26-3)8-13(15)16/h5-9,11,14H,1-4H3. The maximum Gasteiger partial charge on any atom is 0.162 e. The molecule has 1 aromatic heterocycles. The highest BCUT2D eigenvalue weighted by atomic mass is 16.5. The van der Waals surface area contributed by atoms with Crippen LogP contribution in [0.3, 0.4) is 0 Å². The van der Waals surface area contributed by atoms with Gasteiger partial charge in [0.05, 0.1) is 52.1 Å². The smallest absolute Gasteiger partial charge is 0.162 e. The van der Waals surface area contributed by atoms with Crippen molar-refractivity contribution >= 4 is 10.9 Å². The Morgan fingerprint density at radius 1 is 0.852 bits per heavy atom. The normalized spacial score (nSPS) is 11.5. The largest absolute Gasteiger partial charge is 0.493 e. The molecule has 1 atom stereocenters. The van der Waals surface area contributed by atoms with Crippen molar-refractivity contribution in [2.24, 2.45) is 0 Å². The van der Waals surface area contributed by atoms with Gasteiger partial charge in [-0.3, -0.25) is 0 Å². The highest BCUT2D eigenvalue weighted by Gasteiger charge is 2.21. The van der Waals surface area contributed by atoms with Gasteiger partial charge in [0.15, 0.2) is 23.0 Å². The summed E-state index contributed by atoms with van der Waals surface area (Å²) < 4.78 is 21.4. The molecule has 2 aromatic carbocycles. The molecule has 0 saturated carbocycles. The van der Waals surface area contributed by atoms with Crippen molar-refractivity contribution < 1.29 is 18.9 Å². The molecule has 0 saturated heterocycles. The van der Waals surface area contributed by atoms with E-state index in [0.717, 1.165) is 16.5 Å². The van der Waals surface area contributed by atoms with E-state index in [1.54, 1.807) is 52.8 Å². The van der Waals surface area contributed by atoms with E-state index in [9.17, 15) is 5.26 Å². The Labute approximate surface area is 157 Å². The van der Waals surface area contributed by atoms with Gasteiger partial charge in [-0.05, 0) is 23.8 Å². The predicted molar refractivity (Wildman–Crippen MR) is 99.6 cm³/mol. The van der Waals surface area contributed by atoms with Crippen molar-refractivity contribution in [3.05, 3.63) is 47.7 Å². The first-order valence-electron chi connectivity index (χ1n) is 8.15. The van der Waals surface area contributed by atoms with Crippen LogP contribution in [0.25, 0.3) is 10.9 Å². The second kappa shape index (κ2) is 7.79. The van der Waals surface area contributed by atoms with Crippen LogP contribution >= 0.6 is 0 Å². The van der Waals surface area contributed by atoms with Crippen LogP contribution in [-0.2, 0) is 0 Å². The van der Waals surface area contributed by atoms with Gasteiger partial charge >= 0.3 is 0 Å². The fourth-order valence-electron chi connectivity index (χ4n) is 2.99. The van der Waals surface area contributed by atoms with Crippen molar-refractivity contribution in [1.29, 1.82) is 5.26 Å². The molecule has 0 aliphatic heterocycles. The van der Waals surface area contributed by atoms with Gasteiger partial charge < -0.3 is 18.9 Å². The quantitative estimate of drug-likeness (QED) is 0.662. The monoisotopic (exact) mass is 365 g/mol. The molecule has 0 fully saturated rings. The molecular weight excluding hydrogens is 346 g/mol. The summed E-state index contributed by atoms with van der Waals surface area (Å²) in [4.78, 5) is 0. The van der Waals surface area contributed by atoms with Crippen molar-refractivity contribution in [2.75, 3.05) is 28.4 Å². The van der Waals surface area contributed by atoms with E-state index >= 15 is 0 Å². The third kappa shape index (κ3) is 3.29. The molecule has 0 N–H and O–H groups in total. The Hall–Kier alpha value is -3.53. The highest BCUT2D eigenvalue weighted by molar-refractivity contribution is 5.86. The summed E-state index contributed by atoms with van der Waals surface area (Å²) in [5.74, 6) is 1.70. The molecule has 0 aliphatic rings. The zero-order chi connectivity index (χ0) is 19.4. The van der Waals surface area contributed by atoms with Crippen LogP contribution in [0.15, 0.2) is 36.5 Å². The van der Waals surface area contributed by atoms with Gasteiger partial charge in [0.2, 0.25) is 0 Å². The summed E-state index contributed by atoms with van der Waals surface area (Å²) in [5.41, 5.74) is 2.10. The van der Waals surface area contributed by atoms with Gasteiger partial charge in [0.25, 0.3) is 0 Å².